The van der Waals surface area contributed by atoms with Crippen molar-refractivity contribution >= 4 is 15.9 Å². The number of diazo groups is 1. The molecule has 46 valence electrons. The van der Waals surface area contributed by atoms with E-state index in [0.717, 1.165) is 19.3 Å². The molecule has 0 aromatic rings. The lowest BCUT2D eigenvalue weighted by atomic mass is 10.3. The highest BCUT2D eigenvalue weighted by molar-refractivity contribution is 9.09. The van der Waals surface area contributed by atoms with Gasteiger partial charge in [0.2, 0.25) is 5.39 Å². The molecule has 0 aromatic carbocycles. The lowest BCUT2D eigenvalue weighted by Crippen LogP contribution is -1.87. The van der Waals surface area contributed by atoms with E-state index in [9.17, 15) is 0 Å². The van der Waals surface area contributed by atoms with Crippen LogP contribution in [-0.2, 0) is 0 Å². The van der Waals surface area contributed by atoms with Crippen LogP contribution in [-0.4, -0.2) is 4.95 Å². The Kier molecular flexibility index (Phi) is 4.98. The molecule has 3 heteroatoms. The Bertz CT molecular complexity index is 86.9. The summed E-state index contributed by atoms with van der Waals surface area (Å²) in [5, 5.41) is 8.14. The Morgan fingerprint density at radius 2 is 2.38 bits per heavy atom. The van der Waals surface area contributed by atoms with Crippen molar-refractivity contribution in [3.8, 4) is 0 Å². The number of nitrogens with zero attached hydrogens (tertiary/aromatic N) is 2. The van der Waals surface area contributed by atoms with Gasteiger partial charge in [0.25, 0.3) is 0 Å². The van der Waals surface area contributed by atoms with Gasteiger partial charge in [0.15, 0.2) is 0 Å². The molecule has 0 aromatic heterocycles. The molecule has 0 aliphatic heterocycles. The van der Waals surface area contributed by atoms with Crippen LogP contribution in [0.15, 0.2) is 0 Å². The first-order valence-corrected chi connectivity index (χ1v) is 3.71. The summed E-state index contributed by atoms with van der Waals surface area (Å²) in [7, 11) is 0. The summed E-state index contributed by atoms with van der Waals surface area (Å²) in [4.78, 5) is 2.99. The largest absolute Gasteiger partial charge is 0.366 e. The van der Waals surface area contributed by atoms with Gasteiger partial charge >= 0.3 is 4.95 Å². The van der Waals surface area contributed by atoms with Crippen LogP contribution < -0.4 is 0 Å². The van der Waals surface area contributed by atoms with Crippen LogP contribution in [0.3, 0.4) is 0 Å². The minimum atomic E-state index is -0.0533. The lowest BCUT2D eigenvalue weighted by Gasteiger charge is -1.85. The maximum absolute atomic E-state index is 8.14. The number of alkyl halides is 1. The fourth-order valence-electron chi connectivity index (χ4n) is 0.430. The van der Waals surface area contributed by atoms with E-state index in [4.69, 9.17) is 5.39 Å². The van der Waals surface area contributed by atoms with Crippen LogP contribution in [0.1, 0.15) is 26.2 Å². The van der Waals surface area contributed by atoms with Gasteiger partial charge in [-0.1, -0.05) is 13.3 Å². The molecular weight excluding hydrogens is 168 g/mol. The summed E-state index contributed by atoms with van der Waals surface area (Å²) in [5.41, 5.74) is 0. The Balaban J connectivity index is 3.02. The third-order valence-electron chi connectivity index (χ3n) is 0.921. The van der Waals surface area contributed by atoms with Gasteiger partial charge in [-0.3, -0.25) is 0 Å². The molecule has 1 unspecified atom stereocenters. The van der Waals surface area contributed by atoms with Gasteiger partial charge in [0.05, 0.1) is 0 Å². The highest BCUT2D eigenvalue weighted by Gasteiger charge is 2.11. The molecular formula is C5H10BrN2+. The van der Waals surface area contributed by atoms with E-state index in [1.54, 1.807) is 0 Å². The summed E-state index contributed by atoms with van der Waals surface area (Å²) in [5.74, 6) is 0. The molecule has 0 radical (unpaired) electrons. The van der Waals surface area contributed by atoms with Crippen LogP contribution >= 0.6 is 15.9 Å². The van der Waals surface area contributed by atoms with Gasteiger partial charge in [-0.15, -0.1) is 0 Å². The van der Waals surface area contributed by atoms with Crippen LogP contribution in [0, 0.1) is 5.39 Å². The Labute approximate surface area is 58.0 Å². The van der Waals surface area contributed by atoms with Crippen LogP contribution in [0.2, 0.25) is 0 Å². The van der Waals surface area contributed by atoms with Gasteiger partial charge < -0.3 is 0 Å². The zero-order valence-electron chi connectivity index (χ0n) is 4.97. The number of halogens is 1. The van der Waals surface area contributed by atoms with Gasteiger partial charge in [0, 0.05) is 22.4 Å². The average Bonchev–Trinajstić information content (AvgIpc) is 1.83. The van der Waals surface area contributed by atoms with Crippen molar-refractivity contribution in [2.45, 2.75) is 31.1 Å². The predicted molar refractivity (Wildman–Crippen MR) is 37.3 cm³/mol. The highest BCUT2D eigenvalue weighted by Crippen LogP contribution is 2.09. The second-order valence-electron chi connectivity index (χ2n) is 1.69. The molecule has 0 bridgehead atoms. The third-order valence-corrected chi connectivity index (χ3v) is 1.56. The SMILES string of the molecule is CCCCC(Br)[N+]#N. The predicted octanol–water partition coefficient (Wildman–Crippen LogP) is 2.75. The number of hydrogen-bond acceptors (Lipinski definition) is 1. The molecule has 0 spiro atoms. The molecule has 0 saturated heterocycles. The van der Waals surface area contributed by atoms with Crippen molar-refractivity contribution in [2.75, 3.05) is 0 Å². The van der Waals surface area contributed by atoms with E-state index in [2.05, 4.69) is 27.8 Å². The summed E-state index contributed by atoms with van der Waals surface area (Å²) in [6.07, 6.45) is 3.19. The zero-order valence-corrected chi connectivity index (χ0v) is 6.56. The summed E-state index contributed by atoms with van der Waals surface area (Å²) in [6, 6.07) is 0. The molecule has 2 nitrogen and oxygen atoms in total. The Morgan fingerprint density at radius 3 is 2.75 bits per heavy atom. The minimum absolute atomic E-state index is 0.0533. The van der Waals surface area contributed by atoms with Gasteiger partial charge in [-0.25, -0.2) is 0 Å². The topological polar surface area (TPSA) is 28.1 Å². The molecule has 1 atom stereocenters. The molecule has 0 fully saturated rings. The van der Waals surface area contributed by atoms with Gasteiger partial charge in [-0.05, 0) is 6.42 Å². The Hall–Kier alpha value is -0.100. The van der Waals surface area contributed by atoms with E-state index < -0.39 is 0 Å². The summed E-state index contributed by atoms with van der Waals surface area (Å²) >= 11 is 3.16. The first kappa shape index (κ1) is 7.90. The Morgan fingerprint density at radius 1 is 1.75 bits per heavy atom. The van der Waals surface area contributed by atoms with Crippen molar-refractivity contribution in [3.05, 3.63) is 4.98 Å². The third kappa shape index (κ3) is 4.07. The van der Waals surface area contributed by atoms with E-state index in [1.165, 1.54) is 0 Å². The highest BCUT2D eigenvalue weighted by atomic mass is 79.9. The van der Waals surface area contributed by atoms with Crippen molar-refractivity contribution < 1.29 is 0 Å². The van der Waals surface area contributed by atoms with Crippen molar-refractivity contribution in [1.29, 1.82) is 5.39 Å². The van der Waals surface area contributed by atoms with E-state index >= 15 is 0 Å². The van der Waals surface area contributed by atoms with Crippen molar-refractivity contribution in [1.82, 2.24) is 0 Å². The van der Waals surface area contributed by atoms with E-state index in [0.29, 0.717) is 0 Å². The van der Waals surface area contributed by atoms with Crippen LogP contribution in [0.25, 0.3) is 4.98 Å². The van der Waals surface area contributed by atoms with Crippen molar-refractivity contribution in [3.63, 3.8) is 0 Å². The molecule has 8 heavy (non-hydrogen) atoms. The molecule has 0 saturated carbocycles. The van der Waals surface area contributed by atoms with Gasteiger partial charge in [-0.2, -0.15) is 0 Å². The molecule has 0 amide bonds. The lowest BCUT2D eigenvalue weighted by molar-refractivity contribution is 0.737. The van der Waals surface area contributed by atoms with E-state index in [1.807, 2.05) is 0 Å². The van der Waals surface area contributed by atoms with Crippen LogP contribution in [0.5, 0.6) is 0 Å². The second-order valence-corrected chi connectivity index (χ2v) is 2.75. The molecule has 0 aliphatic rings. The zero-order chi connectivity index (χ0) is 6.41. The monoisotopic (exact) mass is 177 g/mol. The number of hydrogen-bond donors (Lipinski definition) is 0. The van der Waals surface area contributed by atoms with E-state index in [-0.39, 0.29) is 4.95 Å². The fraction of sp³-hybridized carbons (Fsp3) is 1.00. The maximum atomic E-state index is 8.14. The summed E-state index contributed by atoms with van der Waals surface area (Å²) < 4.78 is 0. The minimum Gasteiger partial charge on any atom is -0.0654 e. The van der Waals surface area contributed by atoms with Crippen LogP contribution in [0.4, 0.5) is 0 Å². The fourth-order valence-corrected chi connectivity index (χ4v) is 0.754. The quantitative estimate of drug-likeness (QED) is 0.371. The summed E-state index contributed by atoms with van der Waals surface area (Å²) in [6.45, 7) is 2.11. The molecule has 0 heterocycles. The maximum Gasteiger partial charge on any atom is 0.366 e. The molecule has 0 N–H and O–H groups in total. The first-order valence-electron chi connectivity index (χ1n) is 2.79. The standard InChI is InChI=1S/C5H10BrN2/c1-2-3-4-5(6)8-7/h5H,2-4H2,1H3/q+1. The average molecular weight is 178 g/mol. The first-order chi connectivity index (χ1) is 3.81. The molecule has 0 rings (SSSR count). The van der Waals surface area contributed by atoms with Gasteiger partial charge in [0.1, 0.15) is 4.98 Å². The number of rotatable bonds is 3. The van der Waals surface area contributed by atoms with Crippen molar-refractivity contribution in [2.24, 2.45) is 0 Å². The number of unbranched alkanes of at least 4 members (excludes halogenated alkanes) is 1. The second kappa shape index (κ2) is 5.04. The normalized spacial score (nSPS) is 12.6. The smallest absolute Gasteiger partial charge is 0.0654 e. The molecule has 0 aliphatic carbocycles.